The number of hydrogen-bond acceptors (Lipinski definition) is 3. The van der Waals surface area contributed by atoms with Crippen LogP contribution in [-0.4, -0.2) is 56.7 Å². The van der Waals surface area contributed by atoms with Gasteiger partial charge in [0.15, 0.2) is 0 Å². The molecular weight excluding hydrogens is 200 g/mol. The van der Waals surface area contributed by atoms with Crippen LogP contribution in [0, 0.1) is 0 Å². The van der Waals surface area contributed by atoms with Crippen LogP contribution in [0.3, 0.4) is 0 Å². The number of methoxy groups -OCH3 is 1. The maximum atomic E-state index is 5.98. The topological polar surface area (TPSA) is 24.5 Å². The second kappa shape index (κ2) is 7.46. The van der Waals surface area contributed by atoms with Gasteiger partial charge in [0.25, 0.3) is 0 Å². The Morgan fingerprint density at radius 2 is 2.14 bits per heavy atom. The summed E-state index contributed by atoms with van der Waals surface area (Å²) in [5.74, 6) is 0. The number of hydrogen-bond donors (Lipinski definition) is 1. The van der Waals surface area contributed by atoms with Gasteiger partial charge in [0.05, 0.1) is 12.0 Å². The molecule has 0 saturated carbocycles. The molecule has 1 unspecified atom stereocenters. The fraction of sp³-hybridized carbons (Fsp3) is 1.00. The van der Waals surface area contributed by atoms with Crippen molar-refractivity contribution < 1.29 is 4.74 Å². The first kappa shape index (κ1) is 12.2. The summed E-state index contributed by atoms with van der Waals surface area (Å²) in [5, 5.41) is 3.44. The molecule has 1 saturated heterocycles. The average molecular weight is 221 g/mol. The van der Waals surface area contributed by atoms with Gasteiger partial charge in [0, 0.05) is 26.7 Å². The molecule has 0 aromatic carbocycles. The van der Waals surface area contributed by atoms with E-state index in [-0.39, 0.29) is 5.38 Å². The summed E-state index contributed by atoms with van der Waals surface area (Å²) in [6, 6.07) is 0. The lowest BCUT2D eigenvalue weighted by molar-refractivity contribution is 0.196. The van der Waals surface area contributed by atoms with Gasteiger partial charge in [-0.1, -0.05) is 0 Å². The molecule has 1 aliphatic heterocycles. The number of nitrogens with zero attached hydrogens (tertiary/aromatic N) is 1. The van der Waals surface area contributed by atoms with Crippen LogP contribution in [0.1, 0.15) is 12.8 Å². The highest BCUT2D eigenvalue weighted by atomic mass is 35.5. The summed E-state index contributed by atoms with van der Waals surface area (Å²) in [6.45, 7) is 6.18. The number of alkyl halides is 1. The van der Waals surface area contributed by atoms with Gasteiger partial charge in [-0.05, 0) is 25.9 Å². The Morgan fingerprint density at radius 3 is 2.79 bits per heavy atom. The largest absolute Gasteiger partial charge is 0.383 e. The molecule has 1 heterocycles. The zero-order chi connectivity index (χ0) is 10.2. The summed E-state index contributed by atoms with van der Waals surface area (Å²) in [4.78, 5) is 2.49. The minimum absolute atomic E-state index is 0.0959. The maximum Gasteiger partial charge on any atom is 0.0693 e. The molecule has 0 aromatic rings. The lowest BCUT2D eigenvalue weighted by Gasteiger charge is -2.15. The van der Waals surface area contributed by atoms with Gasteiger partial charge in [-0.15, -0.1) is 11.6 Å². The molecule has 0 aliphatic carbocycles. The number of likely N-dealkylation sites (tertiary alicyclic amines) is 1. The van der Waals surface area contributed by atoms with E-state index >= 15 is 0 Å². The van der Waals surface area contributed by atoms with E-state index in [0.29, 0.717) is 6.61 Å². The lowest BCUT2D eigenvalue weighted by Crippen LogP contribution is -2.33. The smallest absolute Gasteiger partial charge is 0.0693 e. The van der Waals surface area contributed by atoms with Gasteiger partial charge in [0.2, 0.25) is 0 Å². The average Bonchev–Trinajstić information content (AvgIpc) is 2.65. The zero-order valence-electron chi connectivity index (χ0n) is 8.97. The van der Waals surface area contributed by atoms with Crippen molar-refractivity contribution in [3.05, 3.63) is 0 Å². The number of rotatable bonds is 7. The molecule has 1 atom stereocenters. The third-order valence-corrected chi connectivity index (χ3v) is 2.80. The standard InChI is InChI=1S/C10H21ClN2O/c1-14-9-10(11)8-12-4-7-13-5-2-3-6-13/h10,12H,2-9H2,1H3. The van der Waals surface area contributed by atoms with Crippen LogP contribution in [0.2, 0.25) is 0 Å². The Balaban J connectivity index is 1.88. The van der Waals surface area contributed by atoms with Crippen molar-refractivity contribution in [1.82, 2.24) is 10.2 Å². The fourth-order valence-corrected chi connectivity index (χ4v) is 1.98. The first-order valence-corrected chi connectivity index (χ1v) is 5.82. The lowest BCUT2D eigenvalue weighted by atomic mass is 10.4. The monoisotopic (exact) mass is 220 g/mol. The summed E-state index contributed by atoms with van der Waals surface area (Å²) in [6.07, 6.45) is 2.73. The normalized spacial score (nSPS) is 20.1. The summed E-state index contributed by atoms with van der Waals surface area (Å²) < 4.78 is 4.95. The van der Waals surface area contributed by atoms with Crippen molar-refractivity contribution in [3.8, 4) is 0 Å². The van der Waals surface area contributed by atoms with Crippen molar-refractivity contribution in [2.45, 2.75) is 18.2 Å². The Bertz CT molecular complexity index is 140. The minimum atomic E-state index is 0.0959. The molecule has 0 bridgehead atoms. The third-order valence-electron chi connectivity index (χ3n) is 2.52. The van der Waals surface area contributed by atoms with Gasteiger partial charge in [-0.25, -0.2) is 0 Å². The SMILES string of the molecule is COCC(Cl)CNCCN1CCCC1. The summed E-state index contributed by atoms with van der Waals surface area (Å²) in [7, 11) is 1.68. The maximum absolute atomic E-state index is 5.98. The summed E-state index contributed by atoms with van der Waals surface area (Å²) in [5.41, 5.74) is 0. The molecule has 3 nitrogen and oxygen atoms in total. The van der Waals surface area contributed by atoms with E-state index in [2.05, 4.69) is 10.2 Å². The Labute approximate surface area is 91.7 Å². The molecule has 14 heavy (non-hydrogen) atoms. The van der Waals surface area contributed by atoms with Gasteiger partial charge in [-0.2, -0.15) is 0 Å². The first-order chi connectivity index (χ1) is 6.83. The molecular formula is C10H21ClN2O. The van der Waals surface area contributed by atoms with E-state index in [0.717, 1.165) is 19.6 Å². The highest BCUT2D eigenvalue weighted by molar-refractivity contribution is 6.20. The first-order valence-electron chi connectivity index (χ1n) is 5.39. The number of nitrogens with one attached hydrogen (secondary N) is 1. The molecule has 1 fully saturated rings. The van der Waals surface area contributed by atoms with Crippen LogP contribution < -0.4 is 5.32 Å². The van der Waals surface area contributed by atoms with E-state index in [1.807, 2.05) is 0 Å². The van der Waals surface area contributed by atoms with Crippen LogP contribution >= 0.6 is 11.6 Å². The highest BCUT2D eigenvalue weighted by Gasteiger charge is 2.10. The van der Waals surface area contributed by atoms with E-state index in [1.54, 1.807) is 7.11 Å². The minimum Gasteiger partial charge on any atom is -0.383 e. The van der Waals surface area contributed by atoms with Gasteiger partial charge in [-0.3, -0.25) is 0 Å². The van der Waals surface area contributed by atoms with Gasteiger partial charge >= 0.3 is 0 Å². The van der Waals surface area contributed by atoms with Crippen molar-refractivity contribution in [1.29, 1.82) is 0 Å². The molecule has 0 aromatic heterocycles. The molecule has 1 aliphatic rings. The van der Waals surface area contributed by atoms with Crippen LogP contribution in [0.15, 0.2) is 0 Å². The van der Waals surface area contributed by atoms with E-state index < -0.39 is 0 Å². The highest BCUT2D eigenvalue weighted by Crippen LogP contribution is 2.05. The second-order valence-electron chi connectivity index (χ2n) is 3.81. The molecule has 0 spiro atoms. The Kier molecular flexibility index (Phi) is 6.52. The quantitative estimate of drug-likeness (QED) is 0.510. The number of ether oxygens (including phenoxy) is 1. The van der Waals surface area contributed by atoms with E-state index in [9.17, 15) is 0 Å². The predicted molar refractivity (Wildman–Crippen MR) is 60.1 cm³/mol. The molecule has 0 amide bonds. The zero-order valence-corrected chi connectivity index (χ0v) is 9.72. The second-order valence-corrected chi connectivity index (χ2v) is 4.42. The number of halogens is 1. The molecule has 0 radical (unpaired) electrons. The van der Waals surface area contributed by atoms with E-state index in [1.165, 1.54) is 25.9 Å². The molecule has 84 valence electrons. The van der Waals surface area contributed by atoms with Crippen LogP contribution in [0.4, 0.5) is 0 Å². The van der Waals surface area contributed by atoms with Crippen molar-refractivity contribution in [3.63, 3.8) is 0 Å². The fourth-order valence-electron chi connectivity index (χ4n) is 1.74. The van der Waals surface area contributed by atoms with Crippen molar-refractivity contribution in [2.75, 3.05) is 46.4 Å². The van der Waals surface area contributed by atoms with Gasteiger partial charge in [0.1, 0.15) is 0 Å². The van der Waals surface area contributed by atoms with Crippen LogP contribution in [0.5, 0.6) is 0 Å². The third kappa shape index (κ3) is 5.15. The summed E-state index contributed by atoms with van der Waals surface area (Å²) >= 11 is 5.98. The Morgan fingerprint density at radius 1 is 1.43 bits per heavy atom. The van der Waals surface area contributed by atoms with Gasteiger partial charge < -0.3 is 15.0 Å². The van der Waals surface area contributed by atoms with Crippen LogP contribution in [-0.2, 0) is 4.74 Å². The molecule has 4 heteroatoms. The van der Waals surface area contributed by atoms with Crippen molar-refractivity contribution >= 4 is 11.6 Å². The van der Waals surface area contributed by atoms with Crippen molar-refractivity contribution in [2.24, 2.45) is 0 Å². The van der Waals surface area contributed by atoms with E-state index in [4.69, 9.17) is 16.3 Å². The Hall–Kier alpha value is 0.170. The molecule has 1 N–H and O–H groups in total. The predicted octanol–water partition coefficient (Wildman–Crippen LogP) is 0.926. The van der Waals surface area contributed by atoms with Crippen LogP contribution in [0.25, 0.3) is 0 Å². The molecule has 1 rings (SSSR count).